The van der Waals surface area contributed by atoms with Crippen LogP contribution in [0.5, 0.6) is 0 Å². The van der Waals surface area contributed by atoms with Gasteiger partial charge in [-0.2, -0.15) is 5.10 Å². The molecule has 0 bridgehead atoms. The molecule has 2 aromatic carbocycles. The molecule has 34 heavy (non-hydrogen) atoms. The number of pyridine rings is 1. The molecule has 0 radical (unpaired) electrons. The summed E-state index contributed by atoms with van der Waals surface area (Å²) in [6.07, 6.45) is 2.01. The van der Waals surface area contributed by atoms with Crippen LogP contribution < -0.4 is 0 Å². The second-order valence-corrected chi connectivity index (χ2v) is 9.19. The lowest BCUT2D eigenvalue weighted by molar-refractivity contribution is 0.0630. The van der Waals surface area contributed by atoms with E-state index in [-0.39, 0.29) is 5.91 Å². The number of carbonyl (C=O) groups excluding carboxylic acids is 1. The largest absolute Gasteiger partial charge is 0.336 e. The first-order chi connectivity index (χ1) is 16.5. The van der Waals surface area contributed by atoms with Crippen molar-refractivity contribution in [3.05, 3.63) is 82.6 Å². The van der Waals surface area contributed by atoms with E-state index in [1.165, 1.54) is 5.56 Å². The molecule has 174 valence electrons. The van der Waals surface area contributed by atoms with Crippen LogP contribution in [-0.2, 0) is 13.1 Å². The van der Waals surface area contributed by atoms with Crippen molar-refractivity contribution in [2.75, 3.05) is 26.2 Å². The molecular formula is C27H28ClN5O. The van der Waals surface area contributed by atoms with Crippen molar-refractivity contribution >= 4 is 28.4 Å². The molecule has 1 aliphatic rings. The fourth-order valence-corrected chi connectivity index (χ4v) is 4.81. The van der Waals surface area contributed by atoms with Crippen molar-refractivity contribution in [2.24, 2.45) is 0 Å². The van der Waals surface area contributed by atoms with Crippen LogP contribution in [0.1, 0.15) is 28.5 Å². The molecule has 0 N–H and O–H groups in total. The number of hydrogen-bond donors (Lipinski definition) is 0. The van der Waals surface area contributed by atoms with Crippen molar-refractivity contribution in [3.63, 3.8) is 0 Å². The van der Waals surface area contributed by atoms with Gasteiger partial charge >= 0.3 is 0 Å². The summed E-state index contributed by atoms with van der Waals surface area (Å²) in [5.41, 5.74) is 5.39. The molecular weight excluding hydrogens is 446 g/mol. The quantitative estimate of drug-likeness (QED) is 0.407. The molecule has 5 rings (SSSR count). The van der Waals surface area contributed by atoms with Crippen LogP contribution in [-0.4, -0.2) is 56.7 Å². The van der Waals surface area contributed by atoms with E-state index in [0.29, 0.717) is 18.7 Å². The predicted molar refractivity (Wildman–Crippen MR) is 136 cm³/mol. The number of piperazine rings is 1. The number of halogens is 1. The van der Waals surface area contributed by atoms with Gasteiger partial charge in [-0.05, 0) is 43.7 Å². The molecule has 7 heteroatoms. The van der Waals surface area contributed by atoms with Crippen molar-refractivity contribution in [1.82, 2.24) is 24.6 Å². The Morgan fingerprint density at radius 1 is 1.03 bits per heavy atom. The Balaban J connectivity index is 1.39. The number of para-hydroxylation sites is 1. The van der Waals surface area contributed by atoms with Crippen LogP contribution in [0.2, 0.25) is 5.02 Å². The van der Waals surface area contributed by atoms with E-state index in [0.717, 1.165) is 59.1 Å². The number of hydrogen-bond acceptors (Lipinski definition) is 4. The molecule has 4 aromatic rings. The predicted octanol–water partition coefficient (Wildman–Crippen LogP) is 5.04. The Labute approximate surface area is 204 Å². The summed E-state index contributed by atoms with van der Waals surface area (Å²) in [5, 5.41) is 6.21. The lowest BCUT2D eigenvalue weighted by Gasteiger charge is -2.35. The zero-order chi connectivity index (χ0) is 23.7. The fraction of sp³-hybridized carbons (Fsp3) is 0.296. The second kappa shape index (κ2) is 9.57. The van der Waals surface area contributed by atoms with Crippen LogP contribution in [0.25, 0.3) is 22.2 Å². The van der Waals surface area contributed by atoms with Gasteiger partial charge in [0.15, 0.2) is 0 Å². The van der Waals surface area contributed by atoms with Gasteiger partial charge < -0.3 is 4.90 Å². The zero-order valence-corrected chi connectivity index (χ0v) is 20.3. The number of aromatic nitrogens is 3. The molecule has 0 spiro atoms. The van der Waals surface area contributed by atoms with Crippen molar-refractivity contribution in [2.45, 2.75) is 26.9 Å². The smallest absolute Gasteiger partial charge is 0.254 e. The van der Waals surface area contributed by atoms with Crippen LogP contribution in [0.4, 0.5) is 0 Å². The topological polar surface area (TPSA) is 54.3 Å². The lowest BCUT2D eigenvalue weighted by Crippen LogP contribution is -2.48. The highest BCUT2D eigenvalue weighted by Gasteiger charge is 2.25. The molecule has 0 unspecified atom stereocenters. The normalized spacial score (nSPS) is 14.6. The van der Waals surface area contributed by atoms with Gasteiger partial charge in [0.1, 0.15) is 0 Å². The van der Waals surface area contributed by atoms with E-state index in [9.17, 15) is 4.79 Å². The fourth-order valence-electron chi connectivity index (χ4n) is 4.59. The Morgan fingerprint density at radius 3 is 2.56 bits per heavy atom. The first-order valence-corrected chi connectivity index (χ1v) is 12.1. The summed E-state index contributed by atoms with van der Waals surface area (Å²) in [6.45, 7) is 8.72. The Hall–Kier alpha value is -3.22. The summed E-state index contributed by atoms with van der Waals surface area (Å²) in [5.74, 6) is 0.0581. The SMILES string of the molecule is CCn1cc(-c2cc(C(=O)N3CCN(Cc4cccc(Cl)c4)CC3)c3ccccc3n2)c(C)n1. The van der Waals surface area contributed by atoms with Crippen molar-refractivity contribution in [3.8, 4) is 11.3 Å². The lowest BCUT2D eigenvalue weighted by atomic mass is 10.0. The Bertz CT molecular complexity index is 1340. The molecule has 0 atom stereocenters. The molecule has 1 fully saturated rings. The summed E-state index contributed by atoms with van der Waals surface area (Å²) in [4.78, 5) is 22.9. The van der Waals surface area contributed by atoms with Crippen LogP contribution in [0, 0.1) is 6.92 Å². The monoisotopic (exact) mass is 473 g/mol. The molecule has 3 heterocycles. The maximum atomic E-state index is 13.7. The third-order valence-corrected chi connectivity index (χ3v) is 6.68. The van der Waals surface area contributed by atoms with E-state index in [1.807, 2.05) is 71.2 Å². The van der Waals surface area contributed by atoms with Gasteiger partial charge in [0.05, 0.1) is 22.5 Å². The van der Waals surface area contributed by atoms with Gasteiger partial charge in [-0.15, -0.1) is 0 Å². The summed E-state index contributed by atoms with van der Waals surface area (Å²) in [6, 6.07) is 17.8. The first-order valence-electron chi connectivity index (χ1n) is 11.7. The van der Waals surface area contributed by atoms with Crippen LogP contribution in [0.15, 0.2) is 60.8 Å². The Kier molecular flexibility index (Phi) is 6.35. The van der Waals surface area contributed by atoms with Gasteiger partial charge in [-0.1, -0.05) is 41.9 Å². The standard InChI is InChI=1S/C27H28ClN5O/c1-3-33-18-24(19(2)30-33)26-16-23(22-9-4-5-10-25(22)29-26)27(34)32-13-11-31(12-14-32)17-20-7-6-8-21(28)15-20/h4-10,15-16,18H,3,11-14,17H2,1-2H3. The molecule has 1 saturated heterocycles. The average Bonchev–Trinajstić information content (AvgIpc) is 3.24. The van der Waals surface area contributed by atoms with E-state index in [2.05, 4.69) is 23.0 Å². The number of carbonyl (C=O) groups is 1. The Morgan fingerprint density at radius 2 is 1.82 bits per heavy atom. The maximum absolute atomic E-state index is 13.7. The highest BCUT2D eigenvalue weighted by Crippen LogP contribution is 2.28. The van der Waals surface area contributed by atoms with Gasteiger partial charge in [-0.25, -0.2) is 4.98 Å². The zero-order valence-electron chi connectivity index (χ0n) is 19.5. The number of rotatable bonds is 5. The molecule has 0 saturated carbocycles. The highest BCUT2D eigenvalue weighted by atomic mass is 35.5. The third-order valence-electron chi connectivity index (χ3n) is 6.45. The summed E-state index contributed by atoms with van der Waals surface area (Å²) in [7, 11) is 0. The van der Waals surface area contributed by atoms with Gasteiger partial charge in [0.25, 0.3) is 5.91 Å². The third kappa shape index (κ3) is 4.56. The first kappa shape index (κ1) is 22.6. The van der Waals surface area contributed by atoms with Crippen molar-refractivity contribution < 1.29 is 4.79 Å². The van der Waals surface area contributed by atoms with E-state index in [1.54, 1.807) is 0 Å². The second-order valence-electron chi connectivity index (χ2n) is 8.75. The minimum atomic E-state index is 0.0581. The van der Waals surface area contributed by atoms with Crippen LogP contribution in [0.3, 0.4) is 0 Å². The minimum Gasteiger partial charge on any atom is -0.336 e. The molecule has 1 amide bonds. The summed E-state index contributed by atoms with van der Waals surface area (Å²) < 4.78 is 1.90. The van der Waals surface area contributed by atoms with E-state index >= 15 is 0 Å². The number of nitrogens with zero attached hydrogens (tertiary/aromatic N) is 5. The molecule has 6 nitrogen and oxygen atoms in total. The summed E-state index contributed by atoms with van der Waals surface area (Å²) >= 11 is 6.14. The highest BCUT2D eigenvalue weighted by molar-refractivity contribution is 6.30. The van der Waals surface area contributed by atoms with Gasteiger partial charge in [-0.3, -0.25) is 14.4 Å². The number of amides is 1. The number of aryl methyl sites for hydroxylation is 2. The van der Waals surface area contributed by atoms with Crippen LogP contribution >= 0.6 is 11.6 Å². The number of fused-ring (bicyclic) bond motifs is 1. The minimum absolute atomic E-state index is 0.0581. The number of benzene rings is 2. The maximum Gasteiger partial charge on any atom is 0.254 e. The van der Waals surface area contributed by atoms with Gasteiger partial charge in [0.2, 0.25) is 0 Å². The van der Waals surface area contributed by atoms with E-state index < -0.39 is 0 Å². The molecule has 2 aromatic heterocycles. The molecule has 0 aliphatic carbocycles. The molecule has 1 aliphatic heterocycles. The van der Waals surface area contributed by atoms with Crippen molar-refractivity contribution in [1.29, 1.82) is 0 Å². The van der Waals surface area contributed by atoms with Gasteiger partial charge in [0, 0.05) is 61.4 Å². The average molecular weight is 474 g/mol. The van der Waals surface area contributed by atoms with E-state index in [4.69, 9.17) is 16.6 Å².